The molecule has 2 nitrogen and oxygen atoms in total. The number of nitrogens with zero attached hydrogens (tertiary/aromatic N) is 2. The van der Waals surface area contributed by atoms with Crippen LogP contribution >= 0.6 is 0 Å². The Bertz CT molecular complexity index is 1710. The van der Waals surface area contributed by atoms with E-state index in [0.717, 1.165) is 12.5 Å². The fourth-order valence-corrected chi connectivity index (χ4v) is 7.71. The van der Waals surface area contributed by atoms with Crippen molar-refractivity contribution in [1.29, 1.82) is 0 Å². The van der Waals surface area contributed by atoms with Crippen molar-refractivity contribution in [3.63, 3.8) is 0 Å². The Labute approximate surface area is 253 Å². The third kappa shape index (κ3) is 4.66. The molecule has 4 aromatic rings. The second-order valence-corrected chi connectivity index (χ2v) is 13.8. The minimum absolute atomic E-state index is 0.00714. The van der Waals surface area contributed by atoms with Gasteiger partial charge in [0.15, 0.2) is 0 Å². The van der Waals surface area contributed by atoms with Gasteiger partial charge in [-0.15, -0.1) is 0 Å². The van der Waals surface area contributed by atoms with E-state index in [1.807, 2.05) is 0 Å². The average Bonchev–Trinajstić information content (AvgIpc) is 3.31. The molecule has 0 aromatic heterocycles. The third-order valence-electron chi connectivity index (χ3n) is 9.78. The van der Waals surface area contributed by atoms with Gasteiger partial charge in [0.05, 0.1) is 6.04 Å². The number of hydrogen-bond acceptors (Lipinski definition) is 2. The second-order valence-electron chi connectivity index (χ2n) is 13.8. The Morgan fingerprint density at radius 2 is 1.36 bits per heavy atom. The van der Waals surface area contributed by atoms with Crippen LogP contribution in [0.5, 0.6) is 0 Å². The fourth-order valence-electron chi connectivity index (χ4n) is 7.71. The Hall–Kier alpha value is -3.78. The summed E-state index contributed by atoms with van der Waals surface area (Å²) >= 11 is 0. The van der Waals surface area contributed by atoms with Crippen LogP contribution in [-0.4, -0.2) is 19.6 Å². The summed E-state index contributed by atoms with van der Waals surface area (Å²) in [4.78, 5) is 5.04. The first-order valence-corrected chi connectivity index (χ1v) is 15.7. The molecule has 1 atom stereocenters. The molecule has 0 saturated heterocycles. The van der Waals surface area contributed by atoms with Gasteiger partial charge >= 0.3 is 0 Å². The van der Waals surface area contributed by atoms with Gasteiger partial charge in [-0.1, -0.05) is 127 Å². The van der Waals surface area contributed by atoms with Crippen LogP contribution in [0.1, 0.15) is 65.5 Å². The quantitative estimate of drug-likeness (QED) is 0.210. The first-order chi connectivity index (χ1) is 20.1. The van der Waals surface area contributed by atoms with Crippen molar-refractivity contribution in [2.75, 3.05) is 23.4 Å². The molecule has 4 aromatic carbocycles. The number of benzene rings is 4. The largest absolute Gasteiger partial charge is 0.364 e. The van der Waals surface area contributed by atoms with Crippen molar-refractivity contribution in [3.05, 3.63) is 120 Å². The molecule has 2 heteroatoms. The summed E-state index contributed by atoms with van der Waals surface area (Å²) in [5, 5.41) is 5.39. The Kier molecular flexibility index (Phi) is 7.29. The van der Waals surface area contributed by atoms with Gasteiger partial charge in [0.2, 0.25) is 0 Å². The molecular formula is C40H46N2. The molecule has 2 heterocycles. The zero-order chi connectivity index (χ0) is 29.6. The number of anilines is 2. The molecule has 2 aliphatic rings. The predicted molar refractivity (Wildman–Crippen MR) is 184 cm³/mol. The summed E-state index contributed by atoms with van der Waals surface area (Å²) in [6.07, 6.45) is 13.9. The van der Waals surface area contributed by atoms with Crippen LogP contribution in [0.3, 0.4) is 0 Å². The highest BCUT2D eigenvalue weighted by atomic mass is 15.2. The standard InChI is InChI=1S/C40H46N2/c1-28(2)16-15-27-42-34-26-24-30-18-12-14-20-32(30)38(34)40(5,6)36(42)22-10-8-9-21-35-39(3,4)37-31-19-13-11-17-29(31)23-25-33(37)41(35)7/h8-14,17-26,28,36H,15-16,27H2,1-7H3/b9-8+,22-10+,35-21+. The number of allylic oxidation sites excluding steroid dienone is 5. The lowest BCUT2D eigenvalue weighted by Gasteiger charge is -2.32. The number of fused-ring (bicyclic) bond motifs is 6. The van der Waals surface area contributed by atoms with Gasteiger partial charge in [0.25, 0.3) is 0 Å². The van der Waals surface area contributed by atoms with E-state index in [2.05, 4.69) is 162 Å². The van der Waals surface area contributed by atoms with Gasteiger partial charge in [0.1, 0.15) is 0 Å². The zero-order valence-electron chi connectivity index (χ0n) is 26.5. The van der Waals surface area contributed by atoms with Gasteiger partial charge < -0.3 is 9.80 Å². The number of hydrogen-bond donors (Lipinski definition) is 0. The monoisotopic (exact) mass is 554 g/mol. The van der Waals surface area contributed by atoms with E-state index >= 15 is 0 Å². The van der Waals surface area contributed by atoms with Crippen molar-refractivity contribution in [2.24, 2.45) is 5.92 Å². The maximum absolute atomic E-state index is 2.67. The SMILES string of the molecule is CC(C)CCCN1c2ccc3ccccc3c2C(C)(C)C1/C=C/C=C/C=C1/N(C)c2ccc3ccccc3c2C1(C)C. The Morgan fingerprint density at radius 3 is 2.02 bits per heavy atom. The lowest BCUT2D eigenvalue weighted by atomic mass is 9.78. The van der Waals surface area contributed by atoms with Gasteiger partial charge in [-0.2, -0.15) is 0 Å². The van der Waals surface area contributed by atoms with Gasteiger partial charge in [-0.3, -0.25) is 0 Å². The van der Waals surface area contributed by atoms with E-state index in [9.17, 15) is 0 Å². The molecule has 0 amide bonds. The number of rotatable bonds is 7. The van der Waals surface area contributed by atoms with E-state index in [0.29, 0.717) is 6.04 Å². The summed E-state index contributed by atoms with van der Waals surface area (Å²) in [5.74, 6) is 0.726. The van der Waals surface area contributed by atoms with Crippen molar-refractivity contribution < 1.29 is 0 Å². The molecule has 0 fully saturated rings. The number of likely N-dealkylation sites (N-methyl/N-ethyl adjacent to an activating group) is 1. The van der Waals surface area contributed by atoms with E-state index in [4.69, 9.17) is 0 Å². The molecule has 0 radical (unpaired) electrons. The normalized spacial score (nSPS) is 20.2. The van der Waals surface area contributed by atoms with Crippen LogP contribution in [0.25, 0.3) is 21.5 Å². The molecule has 6 rings (SSSR count). The average molecular weight is 555 g/mol. The van der Waals surface area contributed by atoms with Crippen LogP contribution in [0.4, 0.5) is 11.4 Å². The van der Waals surface area contributed by atoms with Crippen molar-refractivity contribution >= 4 is 32.9 Å². The molecule has 0 bridgehead atoms. The van der Waals surface area contributed by atoms with Gasteiger partial charge in [0, 0.05) is 41.5 Å². The molecular weight excluding hydrogens is 508 g/mol. The second kappa shape index (κ2) is 10.8. The minimum Gasteiger partial charge on any atom is -0.364 e. The maximum atomic E-state index is 2.67. The third-order valence-corrected chi connectivity index (χ3v) is 9.78. The molecule has 2 aliphatic heterocycles. The molecule has 42 heavy (non-hydrogen) atoms. The Morgan fingerprint density at radius 1 is 0.738 bits per heavy atom. The summed E-state index contributed by atoms with van der Waals surface area (Å²) in [5.41, 5.74) is 6.90. The van der Waals surface area contributed by atoms with Crippen LogP contribution < -0.4 is 9.80 Å². The molecule has 0 N–H and O–H groups in total. The zero-order valence-corrected chi connectivity index (χ0v) is 26.5. The minimum atomic E-state index is -0.0671. The first-order valence-electron chi connectivity index (χ1n) is 15.7. The smallest absolute Gasteiger partial charge is 0.0568 e. The molecule has 0 aliphatic carbocycles. The van der Waals surface area contributed by atoms with Crippen molar-refractivity contribution in [1.82, 2.24) is 0 Å². The van der Waals surface area contributed by atoms with E-state index in [-0.39, 0.29) is 10.8 Å². The summed E-state index contributed by atoms with van der Waals surface area (Å²) in [6, 6.07) is 27.2. The van der Waals surface area contributed by atoms with Crippen LogP contribution in [-0.2, 0) is 10.8 Å². The van der Waals surface area contributed by atoms with Crippen LogP contribution in [0.2, 0.25) is 0 Å². The first kappa shape index (κ1) is 28.3. The van der Waals surface area contributed by atoms with Gasteiger partial charge in [-0.05, 0) is 69.6 Å². The van der Waals surface area contributed by atoms with Gasteiger partial charge in [-0.25, -0.2) is 0 Å². The topological polar surface area (TPSA) is 6.48 Å². The Balaban J connectivity index is 1.29. The highest BCUT2D eigenvalue weighted by Gasteiger charge is 2.44. The summed E-state index contributed by atoms with van der Waals surface area (Å²) in [7, 11) is 2.20. The molecule has 216 valence electrons. The van der Waals surface area contributed by atoms with Crippen LogP contribution in [0.15, 0.2) is 109 Å². The highest BCUT2D eigenvalue weighted by Crippen LogP contribution is 2.51. The van der Waals surface area contributed by atoms with Crippen molar-refractivity contribution in [2.45, 2.75) is 71.3 Å². The lowest BCUT2D eigenvalue weighted by molar-refractivity contribution is 0.464. The molecule has 0 saturated carbocycles. The van der Waals surface area contributed by atoms with Crippen molar-refractivity contribution in [3.8, 4) is 0 Å². The molecule has 0 spiro atoms. The summed E-state index contributed by atoms with van der Waals surface area (Å²) in [6.45, 7) is 15.3. The summed E-state index contributed by atoms with van der Waals surface area (Å²) < 4.78 is 0. The van der Waals surface area contributed by atoms with E-state index in [1.54, 1.807) is 0 Å². The predicted octanol–water partition coefficient (Wildman–Crippen LogP) is 10.3. The van der Waals surface area contributed by atoms with Crippen LogP contribution in [0, 0.1) is 5.92 Å². The molecule has 1 unspecified atom stereocenters. The fraction of sp³-hybridized carbons (Fsp3) is 0.350. The highest BCUT2D eigenvalue weighted by molar-refractivity contribution is 5.95. The van der Waals surface area contributed by atoms with E-state index < -0.39 is 0 Å². The van der Waals surface area contributed by atoms with E-state index in [1.165, 1.54) is 62.6 Å². The maximum Gasteiger partial charge on any atom is 0.0568 e. The lowest BCUT2D eigenvalue weighted by Crippen LogP contribution is -2.40.